The van der Waals surface area contributed by atoms with Gasteiger partial charge in [-0.15, -0.1) is 0 Å². The van der Waals surface area contributed by atoms with Crippen LogP contribution in [-0.2, 0) is 5.54 Å². The summed E-state index contributed by atoms with van der Waals surface area (Å²) in [5, 5.41) is 3.04. The Morgan fingerprint density at radius 3 is 2.55 bits per heavy atom. The number of nitrogens with zero attached hydrogens (tertiary/aromatic N) is 2. The molecule has 2 aromatic rings. The van der Waals surface area contributed by atoms with E-state index in [4.69, 9.17) is 17.3 Å². The van der Waals surface area contributed by atoms with Gasteiger partial charge in [0.1, 0.15) is 27.6 Å². The third-order valence-corrected chi connectivity index (χ3v) is 8.08. The van der Waals surface area contributed by atoms with E-state index in [1.54, 1.807) is 20.8 Å². The molecule has 0 aliphatic carbocycles. The standard InChI is InChI=1S/C19H22ClFN4O3S/c1-18(2)17(22)25-19(3,10-29(18,27)28)13-8-12(5-6-14(13)21)24-16(26)15-7-4-11(20)9-23-15/h4-9,27-28H,10H2,1-3H3,(H2,22,25)(H,24,26)/t19-/m0/s1. The van der Waals surface area contributed by atoms with Crippen LogP contribution in [0.15, 0.2) is 41.5 Å². The summed E-state index contributed by atoms with van der Waals surface area (Å²) in [6.07, 6.45) is 1.35. The predicted octanol–water partition coefficient (Wildman–Crippen LogP) is 4.24. The van der Waals surface area contributed by atoms with Crippen LogP contribution in [0.25, 0.3) is 0 Å². The molecule has 0 saturated heterocycles. The van der Waals surface area contributed by atoms with Crippen LogP contribution in [0.5, 0.6) is 0 Å². The summed E-state index contributed by atoms with van der Waals surface area (Å²) in [5.74, 6) is -1.26. The van der Waals surface area contributed by atoms with E-state index in [0.717, 1.165) is 0 Å². The lowest BCUT2D eigenvalue weighted by atomic mass is 9.92. The molecule has 2 heterocycles. The predicted molar refractivity (Wildman–Crippen MR) is 114 cm³/mol. The zero-order valence-electron chi connectivity index (χ0n) is 16.1. The minimum Gasteiger partial charge on any atom is -0.386 e. The highest BCUT2D eigenvalue weighted by Crippen LogP contribution is 2.59. The number of carbonyl (C=O) groups is 1. The minimum absolute atomic E-state index is 0.0328. The van der Waals surface area contributed by atoms with Crippen molar-refractivity contribution in [3.63, 3.8) is 0 Å². The Balaban J connectivity index is 1.96. The number of hydrogen-bond acceptors (Lipinski definition) is 6. The highest BCUT2D eigenvalue weighted by Gasteiger charge is 2.49. The zero-order valence-corrected chi connectivity index (χ0v) is 17.7. The Kier molecular flexibility index (Phi) is 5.37. The summed E-state index contributed by atoms with van der Waals surface area (Å²) >= 11 is 5.77. The van der Waals surface area contributed by atoms with Gasteiger partial charge in [-0.05, 0) is 51.1 Å². The van der Waals surface area contributed by atoms with Crippen molar-refractivity contribution in [1.29, 1.82) is 0 Å². The summed E-state index contributed by atoms with van der Waals surface area (Å²) in [6, 6.07) is 6.99. The van der Waals surface area contributed by atoms with Gasteiger partial charge in [0.2, 0.25) is 0 Å². The van der Waals surface area contributed by atoms with Crippen LogP contribution < -0.4 is 11.1 Å². The molecule has 0 fully saturated rings. The number of nitrogens with one attached hydrogen (secondary N) is 1. The highest BCUT2D eigenvalue weighted by molar-refractivity contribution is 8.26. The molecule has 1 atom stereocenters. The highest BCUT2D eigenvalue weighted by atomic mass is 35.5. The molecule has 156 valence electrons. The Hall–Kier alpha value is -2.20. The first-order valence-corrected chi connectivity index (χ1v) is 10.8. The first-order valence-electron chi connectivity index (χ1n) is 8.70. The molecule has 1 aliphatic rings. The van der Waals surface area contributed by atoms with E-state index in [9.17, 15) is 18.3 Å². The monoisotopic (exact) mass is 440 g/mol. The first kappa shape index (κ1) is 21.5. The van der Waals surface area contributed by atoms with E-state index >= 15 is 0 Å². The Labute approximate surface area is 174 Å². The van der Waals surface area contributed by atoms with Crippen molar-refractivity contribution in [2.24, 2.45) is 10.7 Å². The second-order valence-electron chi connectivity index (χ2n) is 7.60. The summed E-state index contributed by atoms with van der Waals surface area (Å²) in [7, 11) is -3.20. The minimum atomic E-state index is -3.20. The quantitative estimate of drug-likeness (QED) is 0.568. The average molecular weight is 441 g/mol. The van der Waals surface area contributed by atoms with Gasteiger partial charge in [0.05, 0.1) is 10.8 Å². The van der Waals surface area contributed by atoms with Crippen molar-refractivity contribution >= 4 is 39.6 Å². The van der Waals surface area contributed by atoms with Gasteiger partial charge in [-0.25, -0.2) is 9.37 Å². The molecule has 1 amide bonds. The first-order chi connectivity index (χ1) is 13.4. The number of carbonyl (C=O) groups excluding carboxylic acids is 1. The summed E-state index contributed by atoms with van der Waals surface area (Å²) in [4.78, 5) is 20.7. The SMILES string of the molecule is CC1(C)C(N)=N[C@](C)(c2cc(NC(=O)c3ccc(Cl)cn3)ccc2F)CS1(O)O. The van der Waals surface area contributed by atoms with E-state index in [-0.39, 0.29) is 22.8 Å². The molecule has 0 bridgehead atoms. The molecule has 10 heteroatoms. The van der Waals surface area contributed by atoms with Crippen LogP contribution in [0.4, 0.5) is 10.1 Å². The number of hydrogen-bond donors (Lipinski definition) is 4. The number of halogens is 2. The fourth-order valence-corrected chi connectivity index (χ4v) is 4.89. The number of amidine groups is 1. The molecule has 0 spiro atoms. The van der Waals surface area contributed by atoms with Gasteiger partial charge in [-0.2, -0.15) is 10.6 Å². The second-order valence-corrected chi connectivity index (χ2v) is 10.7. The lowest BCUT2D eigenvalue weighted by Gasteiger charge is -2.53. The maximum absolute atomic E-state index is 14.7. The molecular formula is C19H22ClFN4O3S. The number of pyridine rings is 1. The Morgan fingerprint density at radius 1 is 1.28 bits per heavy atom. The maximum Gasteiger partial charge on any atom is 0.274 e. The Morgan fingerprint density at radius 2 is 1.97 bits per heavy atom. The van der Waals surface area contributed by atoms with Crippen LogP contribution in [-0.4, -0.2) is 36.3 Å². The summed E-state index contributed by atoms with van der Waals surface area (Å²) in [5.41, 5.74) is 5.24. The third kappa shape index (κ3) is 3.95. The van der Waals surface area contributed by atoms with E-state index in [1.807, 2.05) is 0 Å². The zero-order chi connectivity index (χ0) is 21.6. The van der Waals surface area contributed by atoms with E-state index < -0.39 is 32.6 Å². The molecule has 1 aliphatic heterocycles. The third-order valence-electron chi connectivity index (χ3n) is 5.05. The van der Waals surface area contributed by atoms with Crippen molar-refractivity contribution in [2.45, 2.75) is 31.1 Å². The topological polar surface area (TPSA) is 121 Å². The number of rotatable bonds is 3. The number of anilines is 1. The molecule has 5 N–H and O–H groups in total. The van der Waals surface area contributed by atoms with E-state index in [1.165, 1.54) is 36.5 Å². The fourth-order valence-electron chi connectivity index (χ4n) is 3.03. The largest absolute Gasteiger partial charge is 0.386 e. The van der Waals surface area contributed by atoms with Gasteiger partial charge in [-0.1, -0.05) is 11.6 Å². The van der Waals surface area contributed by atoms with Crippen molar-refractivity contribution in [2.75, 3.05) is 11.1 Å². The second kappa shape index (κ2) is 7.24. The molecular weight excluding hydrogens is 419 g/mol. The fraction of sp³-hybridized carbons (Fsp3) is 0.316. The van der Waals surface area contributed by atoms with Gasteiger partial charge >= 0.3 is 0 Å². The average Bonchev–Trinajstić information content (AvgIpc) is 2.62. The Bertz CT molecular complexity index is 997. The maximum atomic E-state index is 14.7. The molecule has 0 radical (unpaired) electrons. The van der Waals surface area contributed by atoms with Crippen molar-refractivity contribution in [3.05, 3.63) is 58.6 Å². The number of aromatic nitrogens is 1. The van der Waals surface area contributed by atoms with Gasteiger partial charge in [0.25, 0.3) is 5.91 Å². The molecule has 0 unspecified atom stereocenters. The number of benzene rings is 1. The molecule has 3 rings (SSSR count). The molecule has 1 aromatic heterocycles. The number of aliphatic imine (C=N–C) groups is 1. The summed E-state index contributed by atoms with van der Waals surface area (Å²) < 4.78 is 34.8. The van der Waals surface area contributed by atoms with Gasteiger partial charge in [0.15, 0.2) is 0 Å². The van der Waals surface area contributed by atoms with Crippen LogP contribution in [0.3, 0.4) is 0 Å². The van der Waals surface area contributed by atoms with Crippen molar-refractivity contribution < 1.29 is 18.3 Å². The number of amides is 1. The molecule has 1 aromatic carbocycles. The van der Waals surface area contributed by atoms with Gasteiger partial charge < -0.3 is 11.1 Å². The van der Waals surface area contributed by atoms with E-state index in [2.05, 4.69) is 15.3 Å². The lowest BCUT2D eigenvalue weighted by Crippen LogP contribution is -2.52. The van der Waals surface area contributed by atoms with Crippen LogP contribution in [0, 0.1) is 5.82 Å². The van der Waals surface area contributed by atoms with Gasteiger partial charge in [0, 0.05) is 17.4 Å². The van der Waals surface area contributed by atoms with Crippen molar-refractivity contribution in [3.8, 4) is 0 Å². The van der Waals surface area contributed by atoms with Crippen LogP contribution in [0.2, 0.25) is 5.02 Å². The molecule has 29 heavy (non-hydrogen) atoms. The molecule has 7 nitrogen and oxygen atoms in total. The summed E-state index contributed by atoms with van der Waals surface area (Å²) in [6.45, 7) is 4.76. The van der Waals surface area contributed by atoms with Crippen molar-refractivity contribution in [1.82, 2.24) is 4.98 Å². The van der Waals surface area contributed by atoms with Gasteiger partial charge in [-0.3, -0.25) is 18.9 Å². The normalized spacial score (nSPS) is 23.8. The van der Waals surface area contributed by atoms with E-state index in [0.29, 0.717) is 10.7 Å². The molecule has 0 saturated carbocycles. The smallest absolute Gasteiger partial charge is 0.274 e. The van der Waals surface area contributed by atoms with Crippen LogP contribution in [0.1, 0.15) is 36.8 Å². The lowest BCUT2D eigenvalue weighted by molar-refractivity contribution is 0.102. The number of nitrogens with two attached hydrogens (primary N) is 1. The van der Waals surface area contributed by atoms with Crippen LogP contribution >= 0.6 is 22.2 Å².